The molecule has 0 heterocycles. The largest absolute Gasteiger partial charge is 0.353 e. The zero-order valence-corrected chi connectivity index (χ0v) is 11.5. The molecule has 100 valence electrons. The first-order chi connectivity index (χ1) is 8.04. The van der Waals surface area contributed by atoms with Gasteiger partial charge in [-0.15, -0.1) is 0 Å². The Morgan fingerprint density at radius 1 is 1.35 bits per heavy atom. The Hall–Kier alpha value is -0.570. The maximum absolute atomic E-state index is 11.9. The Bertz CT molecular complexity index is 240. The molecule has 17 heavy (non-hydrogen) atoms. The van der Waals surface area contributed by atoms with Gasteiger partial charge in [0, 0.05) is 18.5 Å². The van der Waals surface area contributed by atoms with E-state index in [2.05, 4.69) is 19.2 Å². The third-order valence-corrected chi connectivity index (χ3v) is 3.99. The van der Waals surface area contributed by atoms with Crippen molar-refractivity contribution in [3.05, 3.63) is 0 Å². The Morgan fingerprint density at radius 2 is 2.00 bits per heavy atom. The van der Waals surface area contributed by atoms with Gasteiger partial charge in [-0.3, -0.25) is 4.79 Å². The number of carbonyl (C=O) groups excluding carboxylic acids is 1. The van der Waals surface area contributed by atoms with Gasteiger partial charge in [-0.1, -0.05) is 33.6 Å². The average Bonchev–Trinajstić information content (AvgIpc) is 2.29. The Balaban J connectivity index is 2.44. The maximum atomic E-state index is 11.9. The predicted molar refractivity (Wildman–Crippen MR) is 71.6 cm³/mol. The van der Waals surface area contributed by atoms with E-state index in [-0.39, 0.29) is 11.9 Å². The summed E-state index contributed by atoms with van der Waals surface area (Å²) in [5, 5.41) is 3.20. The van der Waals surface area contributed by atoms with Crippen LogP contribution < -0.4 is 11.1 Å². The van der Waals surface area contributed by atoms with Gasteiger partial charge in [0.1, 0.15) is 0 Å². The lowest BCUT2D eigenvalue weighted by atomic mass is 9.78. The van der Waals surface area contributed by atoms with Gasteiger partial charge in [0.2, 0.25) is 5.91 Å². The number of nitrogens with one attached hydrogen (secondary N) is 1. The second kappa shape index (κ2) is 7.00. The fourth-order valence-corrected chi connectivity index (χ4v) is 2.78. The van der Waals surface area contributed by atoms with Crippen molar-refractivity contribution in [2.24, 2.45) is 17.6 Å². The Morgan fingerprint density at radius 3 is 2.59 bits per heavy atom. The fourth-order valence-electron chi connectivity index (χ4n) is 2.78. The van der Waals surface area contributed by atoms with Crippen molar-refractivity contribution in [2.45, 2.75) is 71.4 Å². The molecule has 3 unspecified atom stereocenters. The van der Waals surface area contributed by atoms with Gasteiger partial charge < -0.3 is 11.1 Å². The van der Waals surface area contributed by atoms with Gasteiger partial charge in [-0.05, 0) is 31.1 Å². The second-order valence-corrected chi connectivity index (χ2v) is 5.74. The summed E-state index contributed by atoms with van der Waals surface area (Å²) in [4.78, 5) is 11.9. The zero-order valence-electron chi connectivity index (χ0n) is 11.5. The van der Waals surface area contributed by atoms with Crippen molar-refractivity contribution in [3.8, 4) is 0 Å². The molecule has 1 amide bonds. The number of nitrogens with two attached hydrogens (primary N) is 1. The summed E-state index contributed by atoms with van der Waals surface area (Å²) in [7, 11) is 0. The van der Waals surface area contributed by atoms with Crippen LogP contribution in [0.2, 0.25) is 0 Å². The van der Waals surface area contributed by atoms with Crippen LogP contribution in [0.1, 0.15) is 59.3 Å². The van der Waals surface area contributed by atoms with Crippen LogP contribution >= 0.6 is 0 Å². The van der Waals surface area contributed by atoms with Crippen molar-refractivity contribution in [1.82, 2.24) is 5.32 Å². The normalized spacial score (nSPS) is 26.9. The number of rotatable bonds is 5. The molecule has 1 fully saturated rings. The van der Waals surface area contributed by atoms with Gasteiger partial charge in [-0.2, -0.15) is 0 Å². The monoisotopic (exact) mass is 240 g/mol. The van der Waals surface area contributed by atoms with E-state index in [0.29, 0.717) is 24.3 Å². The van der Waals surface area contributed by atoms with E-state index >= 15 is 0 Å². The summed E-state index contributed by atoms with van der Waals surface area (Å²) in [6.45, 7) is 6.54. The molecule has 1 aliphatic rings. The van der Waals surface area contributed by atoms with E-state index in [1.807, 2.05) is 6.92 Å². The lowest BCUT2D eigenvalue weighted by Crippen LogP contribution is -2.45. The minimum atomic E-state index is 0.0103. The van der Waals surface area contributed by atoms with Crippen LogP contribution in [-0.4, -0.2) is 18.0 Å². The Kier molecular flexibility index (Phi) is 5.96. The SMILES string of the molecule is CCC(N)CC(=O)NC1CCCCC1C(C)C. The average molecular weight is 240 g/mol. The summed E-state index contributed by atoms with van der Waals surface area (Å²) >= 11 is 0. The predicted octanol–water partition coefficient (Wildman–Crippen LogP) is 2.44. The number of hydrogen-bond acceptors (Lipinski definition) is 2. The third kappa shape index (κ3) is 4.66. The van der Waals surface area contributed by atoms with E-state index in [1.54, 1.807) is 0 Å². The number of carbonyl (C=O) groups is 1. The molecule has 0 aromatic heterocycles. The van der Waals surface area contributed by atoms with Crippen LogP contribution in [0, 0.1) is 11.8 Å². The maximum Gasteiger partial charge on any atom is 0.221 e. The van der Waals surface area contributed by atoms with E-state index in [9.17, 15) is 4.79 Å². The zero-order chi connectivity index (χ0) is 12.8. The van der Waals surface area contributed by atoms with E-state index < -0.39 is 0 Å². The lowest BCUT2D eigenvalue weighted by molar-refractivity contribution is -0.122. The summed E-state index contributed by atoms with van der Waals surface area (Å²) < 4.78 is 0. The summed E-state index contributed by atoms with van der Waals surface area (Å²) in [6.07, 6.45) is 6.28. The van der Waals surface area contributed by atoms with Gasteiger partial charge in [0.05, 0.1) is 0 Å². The second-order valence-electron chi connectivity index (χ2n) is 5.74. The molecule has 0 aromatic rings. The van der Waals surface area contributed by atoms with E-state index in [4.69, 9.17) is 5.73 Å². The van der Waals surface area contributed by atoms with Gasteiger partial charge in [0.15, 0.2) is 0 Å². The molecular weight excluding hydrogens is 212 g/mol. The van der Waals surface area contributed by atoms with Crippen molar-refractivity contribution in [1.29, 1.82) is 0 Å². The van der Waals surface area contributed by atoms with Crippen molar-refractivity contribution in [3.63, 3.8) is 0 Å². The minimum absolute atomic E-state index is 0.0103. The van der Waals surface area contributed by atoms with Crippen LogP contribution in [0.4, 0.5) is 0 Å². The molecule has 0 saturated heterocycles. The highest BCUT2D eigenvalue weighted by Gasteiger charge is 2.28. The standard InChI is InChI=1S/C14H28N2O/c1-4-11(15)9-14(17)16-13-8-6-5-7-12(13)10(2)3/h10-13H,4-9,15H2,1-3H3,(H,16,17). The fraction of sp³-hybridized carbons (Fsp3) is 0.929. The number of hydrogen-bond donors (Lipinski definition) is 2. The van der Waals surface area contributed by atoms with Crippen LogP contribution in [0.5, 0.6) is 0 Å². The Labute approximate surface area is 106 Å². The lowest BCUT2D eigenvalue weighted by Gasteiger charge is -2.35. The first-order valence-corrected chi connectivity index (χ1v) is 7.09. The molecule has 1 saturated carbocycles. The molecule has 0 radical (unpaired) electrons. The van der Waals surface area contributed by atoms with Crippen molar-refractivity contribution in [2.75, 3.05) is 0 Å². The van der Waals surface area contributed by atoms with Crippen LogP contribution in [-0.2, 0) is 4.79 Å². The van der Waals surface area contributed by atoms with Crippen LogP contribution in [0.3, 0.4) is 0 Å². The van der Waals surface area contributed by atoms with Crippen molar-refractivity contribution >= 4 is 5.91 Å². The highest BCUT2D eigenvalue weighted by Crippen LogP contribution is 2.30. The molecule has 0 bridgehead atoms. The third-order valence-electron chi connectivity index (χ3n) is 3.99. The van der Waals surface area contributed by atoms with Crippen LogP contribution in [0.15, 0.2) is 0 Å². The molecule has 3 heteroatoms. The molecule has 1 aliphatic carbocycles. The summed E-state index contributed by atoms with van der Waals surface area (Å²) in [5.41, 5.74) is 5.81. The highest BCUT2D eigenvalue weighted by atomic mass is 16.1. The van der Waals surface area contributed by atoms with E-state index in [1.165, 1.54) is 19.3 Å². The molecule has 0 spiro atoms. The van der Waals surface area contributed by atoms with Gasteiger partial charge in [-0.25, -0.2) is 0 Å². The highest BCUT2D eigenvalue weighted by molar-refractivity contribution is 5.76. The topological polar surface area (TPSA) is 55.1 Å². The summed E-state index contributed by atoms with van der Waals surface area (Å²) in [6, 6.07) is 0.386. The van der Waals surface area contributed by atoms with E-state index in [0.717, 1.165) is 12.8 Å². The molecule has 0 aromatic carbocycles. The first-order valence-electron chi connectivity index (χ1n) is 7.09. The number of amides is 1. The molecule has 3 N–H and O–H groups in total. The summed E-state index contributed by atoms with van der Waals surface area (Å²) in [5.74, 6) is 1.43. The first kappa shape index (κ1) is 14.5. The molecule has 3 nitrogen and oxygen atoms in total. The minimum Gasteiger partial charge on any atom is -0.353 e. The molecular formula is C14H28N2O. The smallest absolute Gasteiger partial charge is 0.221 e. The van der Waals surface area contributed by atoms with Crippen LogP contribution in [0.25, 0.3) is 0 Å². The molecule has 1 rings (SSSR count). The van der Waals surface area contributed by atoms with Gasteiger partial charge >= 0.3 is 0 Å². The molecule has 3 atom stereocenters. The van der Waals surface area contributed by atoms with Gasteiger partial charge in [0.25, 0.3) is 0 Å². The quantitative estimate of drug-likeness (QED) is 0.775. The molecule has 0 aliphatic heterocycles. The van der Waals surface area contributed by atoms with Crippen molar-refractivity contribution < 1.29 is 4.79 Å².